The first-order valence-electron chi connectivity index (χ1n) is 9.62. The van der Waals surface area contributed by atoms with Gasteiger partial charge in [-0.3, -0.25) is 5.21 Å². The lowest BCUT2D eigenvalue weighted by molar-refractivity contribution is 0.227. The summed E-state index contributed by atoms with van der Waals surface area (Å²) in [5.41, 5.74) is 2.29. The quantitative estimate of drug-likeness (QED) is 0.319. The van der Waals surface area contributed by atoms with Gasteiger partial charge in [-0.1, -0.05) is 43.4 Å². The molecule has 1 N–H and O–H groups in total. The number of rotatable bonds is 7. The van der Waals surface area contributed by atoms with Crippen molar-refractivity contribution in [2.24, 2.45) is 0 Å². The summed E-state index contributed by atoms with van der Waals surface area (Å²) >= 11 is 0. The molecule has 0 bridgehead atoms. The van der Waals surface area contributed by atoms with E-state index in [1.807, 2.05) is 45.1 Å². The van der Waals surface area contributed by atoms with Crippen LogP contribution < -0.4 is 5.06 Å². The average molecular weight is 411 g/mol. The van der Waals surface area contributed by atoms with Crippen molar-refractivity contribution in [3.63, 3.8) is 0 Å². The van der Waals surface area contributed by atoms with Gasteiger partial charge in [0, 0.05) is 6.08 Å². The van der Waals surface area contributed by atoms with Gasteiger partial charge >= 0.3 is 0 Å². The van der Waals surface area contributed by atoms with Crippen LogP contribution in [0.3, 0.4) is 0 Å². The molecule has 0 aromatic heterocycles. The zero-order valence-electron chi connectivity index (χ0n) is 17.4. The molecule has 158 valence electrons. The summed E-state index contributed by atoms with van der Waals surface area (Å²) in [7, 11) is 0. The maximum absolute atomic E-state index is 12.9. The Hall–Kier alpha value is -3.27. The third kappa shape index (κ3) is 8.39. The first kappa shape index (κ1) is 24.8. The molecule has 0 saturated heterocycles. The van der Waals surface area contributed by atoms with Gasteiger partial charge in [0.2, 0.25) is 0 Å². The van der Waals surface area contributed by atoms with E-state index in [9.17, 15) is 18.8 Å². The van der Waals surface area contributed by atoms with Crippen molar-refractivity contribution in [3.05, 3.63) is 102 Å². The van der Waals surface area contributed by atoms with Crippen LogP contribution in [0.1, 0.15) is 32.8 Å². The van der Waals surface area contributed by atoms with Crippen molar-refractivity contribution in [2.45, 2.75) is 33.2 Å². The van der Waals surface area contributed by atoms with Crippen LogP contribution in [0.4, 0.5) is 14.5 Å². The van der Waals surface area contributed by atoms with Crippen LogP contribution in [0, 0.1) is 11.6 Å². The van der Waals surface area contributed by atoms with Crippen molar-refractivity contribution >= 4 is 17.7 Å². The fraction of sp³-hybridized carbons (Fsp3) is 0.200. The lowest BCUT2D eigenvalue weighted by Crippen LogP contribution is -2.33. The molecule has 0 fully saturated rings. The molecule has 0 amide bonds. The fourth-order valence-electron chi connectivity index (χ4n) is 2.69. The highest BCUT2D eigenvalue weighted by Crippen LogP contribution is 2.22. The standard InChI is InChI=1S/C16H18FNO2.C9H9F/c1-3-6-13(7-5-12-19)16(4-2)18(20)15-10-8-14(17)9-11-15;1-2-3-8-4-6-9(10)7-5-8/h3,5-11,16,20H,4H2,1-2H3;2-7H,1H3/b6-3-,13-7+;3-2+. The first-order chi connectivity index (χ1) is 14.5. The van der Waals surface area contributed by atoms with Crippen LogP contribution in [-0.2, 0) is 4.79 Å². The first-order valence-corrected chi connectivity index (χ1v) is 9.62. The van der Waals surface area contributed by atoms with E-state index in [1.54, 1.807) is 24.2 Å². The average Bonchev–Trinajstić information content (AvgIpc) is 2.75. The molecule has 2 aromatic rings. The smallest absolute Gasteiger partial charge is 0.124 e. The highest BCUT2D eigenvalue weighted by molar-refractivity contribution is 5.53. The Morgan fingerprint density at radius 2 is 1.60 bits per heavy atom. The van der Waals surface area contributed by atoms with Gasteiger partial charge in [-0.25, -0.2) is 18.6 Å². The number of carbonyl (C=O) groups excluding carboxylic acids is 1. The molecule has 3 nitrogen and oxygen atoms in total. The number of hydrogen-bond acceptors (Lipinski definition) is 3. The highest BCUT2D eigenvalue weighted by Gasteiger charge is 2.18. The fourth-order valence-corrected chi connectivity index (χ4v) is 2.69. The largest absolute Gasteiger partial charge is 0.288 e. The second kappa shape index (κ2) is 13.8. The van der Waals surface area contributed by atoms with Gasteiger partial charge in [0.1, 0.15) is 17.6 Å². The Balaban J connectivity index is 0.000000375. The van der Waals surface area contributed by atoms with E-state index < -0.39 is 0 Å². The maximum atomic E-state index is 12.9. The summed E-state index contributed by atoms with van der Waals surface area (Å²) in [5.74, 6) is 1.14. The lowest BCUT2D eigenvalue weighted by Gasteiger charge is -2.27. The topological polar surface area (TPSA) is 40.5 Å². The summed E-state index contributed by atoms with van der Waals surface area (Å²) in [4.78, 5) is 10.3. The number of hydroxylamine groups is 1. The second-order valence-electron chi connectivity index (χ2n) is 6.25. The number of hydrogen-bond donors (Lipinski definition) is 1. The predicted molar refractivity (Wildman–Crippen MR) is 119 cm³/mol. The Labute approximate surface area is 176 Å². The Morgan fingerprint density at radius 3 is 2.07 bits per heavy atom. The molecular weight excluding hydrogens is 384 g/mol. The molecular formula is C25H27F2NO2. The molecule has 0 aliphatic heterocycles. The zero-order chi connectivity index (χ0) is 22.4. The number of anilines is 1. The van der Waals surface area contributed by atoms with Crippen molar-refractivity contribution in [1.82, 2.24) is 0 Å². The van der Waals surface area contributed by atoms with Gasteiger partial charge in [0.15, 0.2) is 0 Å². The number of halogens is 2. The molecule has 0 saturated carbocycles. The molecule has 0 heterocycles. The molecule has 0 aliphatic rings. The minimum absolute atomic E-state index is 0.187. The third-order valence-electron chi connectivity index (χ3n) is 4.09. The molecule has 0 spiro atoms. The molecule has 30 heavy (non-hydrogen) atoms. The zero-order valence-corrected chi connectivity index (χ0v) is 17.4. The molecule has 0 radical (unpaired) electrons. The summed E-state index contributed by atoms with van der Waals surface area (Å²) < 4.78 is 25.2. The number of nitrogens with zero attached hydrogens (tertiary/aromatic N) is 1. The van der Waals surface area contributed by atoms with E-state index in [0.717, 1.165) is 16.2 Å². The van der Waals surface area contributed by atoms with Gasteiger partial charge in [-0.05, 0) is 73.9 Å². The normalized spacial score (nSPS) is 12.3. The van der Waals surface area contributed by atoms with E-state index in [2.05, 4.69) is 0 Å². The van der Waals surface area contributed by atoms with Crippen molar-refractivity contribution in [3.8, 4) is 0 Å². The van der Waals surface area contributed by atoms with Crippen LogP contribution in [-0.4, -0.2) is 17.2 Å². The van der Waals surface area contributed by atoms with Crippen LogP contribution in [0.5, 0.6) is 0 Å². The van der Waals surface area contributed by atoms with Gasteiger partial charge in [0.25, 0.3) is 0 Å². The third-order valence-corrected chi connectivity index (χ3v) is 4.09. The van der Waals surface area contributed by atoms with E-state index in [0.29, 0.717) is 12.1 Å². The van der Waals surface area contributed by atoms with Gasteiger partial charge in [-0.15, -0.1) is 0 Å². The molecule has 1 atom stereocenters. The molecule has 2 aromatic carbocycles. The van der Waals surface area contributed by atoms with Crippen molar-refractivity contribution < 1.29 is 18.8 Å². The summed E-state index contributed by atoms with van der Waals surface area (Å²) in [5, 5.41) is 11.4. The number of allylic oxidation sites excluding steroid dienone is 4. The number of benzene rings is 2. The molecule has 1 unspecified atom stereocenters. The predicted octanol–water partition coefficient (Wildman–Crippen LogP) is 6.55. The van der Waals surface area contributed by atoms with Gasteiger partial charge in [-0.2, -0.15) is 0 Å². The second-order valence-corrected chi connectivity index (χ2v) is 6.25. The van der Waals surface area contributed by atoms with Crippen LogP contribution in [0.2, 0.25) is 0 Å². The van der Waals surface area contributed by atoms with Crippen LogP contribution in [0.15, 0.2) is 84.5 Å². The van der Waals surface area contributed by atoms with E-state index >= 15 is 0 Å². The summed E-state index contributed by atoms with van der Waals surface area (Å²) in [6.45, 7) is 5.70. The lowest BCUT2D eigenvalue weighted by atomic mass is 10.0. The van der Waals surface area contributed by atoms with Crippen molar-refractivity contribution in [2.75, 3.05) is 5.06 Å². The molecule has 2 rings (SSSR count). The Morgan fingerprint density at radius 1 is 1.03 bits per heavy atom. The minimum Gasteiger partial charge on any atom is -0.288 e. The Bertz CT molecular complexity index is 894. The van der Waals surface area contributed by atoms with E-state index in [-0.39, 0.29) is 17.7 Å². The van der Waals surface area contributed by atoms with Gasteiger partial charge < -0.3 is 0 Å². The summed E-state index contributed by atoms with van der Waals surface area (Å²) in [6.07, 6.45) is 11.0. The SMILES string of the molecule is C/C=C/c1ccc(F)cc1.C/C=C\C(=C/C=C=O)C(CC)N(O)c1ccc(F)cc1. The molecule has 0 aliphatic carbocycles. The minimum atomic E-state index is -0.358. The van der Waals surface area contributed by atoms with Gasteiger partial charge in [0.05, 0.1) is 11.7 Å². The monoisotopic (exact) mass is 411 g/mol. The highest BCUT2D eigenvalue weighted by atomic mass is 19.1. The summed E-state index contributed by atoms with van der Waals surface area (Å²) in [6, 6.07) is 11.6. The van der Waals surface area contributed by atoms with E-state index in [1.165, 1.54) is 42.5 Å². The van der Waals surface area contributed by atoms with E-state index in [4.69, 9.17) is 0 Å². The van der Waals surface area contributed by atoms with Crippen molar-refractivity contribution in [1.29, 1.82) is 0 Å². The maximum Gasteiger partial charge on any atom is 0.124 e. The molecule has 5 heteroatoms. The van der Waals surface area contributed by atoms with Crippen LogP contribution >= 0.6 is 0 Å². The Kier molecular flexibility index (Phi) is 11.4. The van der Waals surface area contributed by atoms with Crippen LogP contribution in [0.25, 0.3) is 6.08 Å².